The molecule has 0 aliphatic carbocycles. The quantitative estimate of drug-likeness (QED) is 0.737. The first-order valence-electron chi connectivity index (χ1n) is 9.25. The molecular formula is C20H23N5OS. The highest BCUT2D eigenvalue weighted by Crippen LogP contribution is 2.24. The standard InChI is InChI=1S/C20H23N5OS/c1-15-18(13-23-25(15)17-7-3-2-4-8-17)19(26)22-12-16-6-5-10-24(14-16)20-21-9-11-27-20/h2-4,7-9,11,13,16H,5-6,10,12,14H2,1H3,(H,22,26). The largest absolute Gasteiger partial charge is 0.352 e. The summed E-state index contributed by atoms with van der Waals surface area (Å²) in [5.41, 5.74) is 2.44. The van der Waals surface area contributed by atoms with Crippen molar-refractivity contribution < 1.29 is 4.79 Å². The lowest BCUT2D eigenvalue weighted by Crippen LogP contribution is -2.41. The van der Waals surface area contributed by atoms with Crippen molar-refractivity contribution in [1.29, 1.82) is 0 Å². The molecule has 1 unspecified atom stereocenters. The Morgan fingerprint density at radius 2 is 2.19 bits per heavy atom. The second kappa shape index (κ2) is 7.92. The van der Waals surface area contributed by atoms with Gasteiger partial charge in [-0.1, -0.05) is 18.2 Å². The Hall–Kier alpha value is -2.67. The molecule has 3 aromatic rings. The van der Waals surface area contributed by atoms with E-state index in [1.54, 1.807) is 22.2 Å². The van der Waals surface area contributed by atoms with Crippen LogP contribution in [0.15, 0.2) is 48.1 Å². The van der Waals surface area contributed by atoms with Crippen LogP contribution < -0.4 is 10.2 Å². The number of carbonyl (C=O) groups is 1. The first-order chi connectivity index (χ1) is 13.2. The SMILES string of the molecule is Cc1c(C(=O)NCC2CCCN(c3nccs3)C2)cnn1-c1ccccc1. The number of thiazole rings is 1. The van der Waals surface area contributed by atoms with E-state index in [9.17, 15) is 4.79 Å². The summed E-state index contributed by atoms with van der Waals surface area (Å²) in [6.07, 6.45) is 5.76. The predicted octanol–water partition coefficient (Wildman–Crippen LogP) is 3.28. The van der Waals surface area contributed by atoms with Crippen molar-refractivity contribution in [2.45, 2.75) is 19.8 Å². The van der Waals surface area contributed by atoms with Crippen molar-refractivity contribution in [3.8, 4) is 5.69 Å². The van der Waals surface area contributed by atoms with E-state index in [2.05, 4.69) is 20.3 Å². The molecule has 0 bridgehead atoms. The highest BCUT2D eigenvalue weighted by atomic mass is 32.1. The van der Waals surface area contributed by atoms with Gasteiger partial charge >= 0.3 is 0 Å². The summed E-state index contributed by atoms with van der Waals surface area (Å²) in [5, 5.41) is 10.6. The van der Waals surface area contributed by atoms with Crippen molar-refractivity contribution >= 4 is 22.4 Å². The van der Waals surface area contributed by atoms with Gasteiger partial charge in [0.25, 0.3) is 5.91 Å². The van der Waals surface area contributed by atoms with E-state index in [0.717, 1.165) is 42.4 Å². The highest BCUT2D eigenvalue weighted by molar-refractivity contribution is 7.13. The first kappa shape index (κ1) is 17.7. The molecule has 0 radical (unpaired) electrons. The van der Waals surface area contributed by atoms with Crippen molar-refractivity contribution in [3.05, 3.63) is 59.4 Å². The van der Waals surface area contributed by atoms with Crippen LogP contribution in [0.3, 0.4) is 0 Å². The zero-order valence-corrected chi connectivity index (χ0v) is 16.2. The molecule has 1 saturated heterocycles. The molecule has 2 aromatic heterocycles. The van der Waals surface area contributed by atoms with Crippen LogP contribution in [0, 0.1) is 12.8 Å². The number of hydrogen-bond acceptors (Lipinski definition) is 5. The fourth-order valence-electron chi connectivity index (χ4n) is 3.57. The van der Waals surface area contributed by atoms with Gasteiger partial charge in [0, 0.05) is 31.2 Å². The topological polar surface area (TPSA) is 63.1 Å². The van der Waals surface area contributed by atoms with Crippen LogP contribution in [0.4, 0.5) is 5.13 Å². The number of benzene rings is 1. The summed E-state index contributed by atoms with van der Waals surface area (Å²) < 4.78 is 1.81. The number of rotatable bonds is 5. The second-order valence-corrected chi connectivity index (χ2v) is 7.74. The van der Waals surface area contributed by atoms with Crippen molar-refractivity contribution in [2.24, 2.45) is 5.92 Å². The Labute approximate surface area is 162 Å². The maximum Gasteiger partial charge on any atom is 0.254 e. The van der Waals surface area contributed by atoms with Crippen LogP contribution in [0.1, 0.15) is 28.9 Å². The number of anilines is 1. The normalized spacial score (nSPS) is 17.1. The lowest BCUT2D eigenvalue weighted by atomic mass is 9.98. The van der Waals surface area contributed by atoms with Crippen LogP contribution in [0.5, 0.6) is 0 Å². The van der Waals surface area contributed by atoms with E-state index < -0.39 is 0 Å². The molecule has 4 rings (SSSR count). The molecule has 7 heteroatoms. The van der Waals surface area contributed by atoms with Crippen molar-refractivity contribution in [1.82, 2.24) is 20.1 Å². The van der Waals surface area contributed by atoms with Gasteiger partial charge in [0.05, 0.1) is 23.1 Å². The summed E-state index contributed by atoms with van der Waals surface area (Å²) in [6, 6.07) is 9.86. The van der Waals surface area contributed by atoms with Gasteiger partial charge in [0.2, 0.25) is 0 Å². The number of hydrogen-bond donors (Lipinski definition) is 1. The van der Waals surface area contributed by atoms with Crippen LogP contribution >= 0.6 is 11.3 Å². The first-order valence-corrected chi connectivity index (χ1v) is 10.1. The minimum absolute atomic E-state index is 0.0546. The number of nitrogens with zero attached hydrogens (tertiary/aromatic N) is 4. The van der Waals surface area contributed by atoms with Gasteiger partial charge < -0.3 is 10.2 Å². The number of carbonyl (C=O) groups excluding carboxylic acids is 1. The van der Waals surface area contributed by atoms with E-state index >= 15 is 0 Å². The second-order valence-electron chi connectivity index (χ2n) is 6.87. The Bertz CT molecular complexity index is 891. The number of piperidine rings is 1. The Morgan fingerprint density at radius 1 is 1.33 bits per heavy atom. The van der Waals surface area contributed by atoms with Crippen LogP contribution in [0.25, 0.3) is 5.69 Å². The Morgan fingerprint density at radius 3 is 2.96 bits per heavy atom. The summed E-state index contributed by atoms with van der Waals surface area (Å²) >= 11 is 1.67. The smallest absolute Gasteiger partial charge is 0.254 e. The summed E-state index contributed by atoms with van der Waals surface area (Å²) in [5.74, 6) is 0.386. The molecule has 1 N–H and O–H groups in total. The average molecular weight is 382 g/mol. The van der Waals surface area contributed by atoms with Gasteiger partial charge in [-0.15, -0.1) is 11.3 Å². The number of para-hydroxylation sites is 1. The summed E-state index contributed by atoms with van der Waals surface area (Å²) in [6.45, 7) is 4.59. The third kappa shape index (κ3) is 3.88. The van der Waals surface area contributed by atoms with Gasteiger partial charge in [-0.25, -0.2) is 9.67 Å². The molecule has 140 valence electrons. The lowest BCUT2D eigenvalue weighted by molar-refractivity contribution is 0.0945. The molecule has 1 fully saturated rings. The maximum atomic E-state index is 12.7. The van der Waals surface area contributed by atoms with Gasteiger partial charge in [0.1, 0.15) is 0 Å². The Balaban J connectivity index is 1.38. The van der Waals surface area contributed by atoms with E-state index in [1.807, 2.05) is 48.8 Å². The lowest BCUT2D eigenvalue weighted by Gasteiger charge is -2.32. The molecule has 1 aliphatic heterocycles. The van der Waals surface area contributed by atoms with E-state index in [-0.39, 0.29) is 5.91 Å². The highest BCUT2D eigenvalue weighted by Gasteiger charge is 2.23. The monoisotopic (exact) mass is 381 g/mol. The van der Waals surface area contributed by atoms with Crippen LogP contribution in [-0.4, -0.2) is 40.3 Å². The molecule has 1 amide bonds. The molecule has 0 spiro atoms. The van der Waals surface area contributed by atoms with Gasteiger partial charge in [-0.2, -0.15) is 5.10 Å². The Kier molecular flexibility index (Phi) is 5.20. The predicted molar refractivity (Wildman–Crippen MR) is 108 cm³/mol. The number of aromatic nitrogens is 3. The number of amides is 1. The molecule has 0 saturated carbocycles. The molecule has 3 heterocycles. The molecular weight excluding hydrogens is 358 g/mol. The zero-order chi connectivity index (χ0) is 18.6. The number of nitrogens with one attached hydrogen (secondary N) is 1. The third-order valence-corrected chi connectivity index (χ3v) is 5.85. The van der Waals surface area contributed by atoms with Gasteiger partial charge in [-0.05, 0) is 37.8 Å². The molecule has 6 nitrogen and oxygen atoms in total. The van der Waals surface area contributed by atoms with Crippen molar-refractivity contribution in [2.75, 3.05) is 24.5 Å². The van der Waals surface area contributed by atoms with Gasteiger partial charge in [-0.3, -0.25) is 4.79 Å². The van der Waals surface area contributed by atoms with Crippen LogP contribution in [0.2, 0.25) is 0 Å². The molecule has 1 aromatic carbocycles. The summed E-state index contributed by atoms with van der Waals surface area (Å²) in [4.78, 5) is 19.4. The molecule has 1 aliphatic rings. The van der Waals surface area contributed by atoms with E-state index in [1.165, 1.54) is 0 Å². The van der Waals surface area contributed by atoms with Crippen LogP contribution in [-0.2, 0) is 0 Å². The van der Waals surface area contributed by atoms with Crippen molar-refractivity contribution in [3.63, 3.8) is 0 Å². The fourth-order valence-corrected chi connectivity index (χ4v) is 4.25. The minimum Gasteiger partial charge on any atom is -0.352 e. The van der Waals surface area contributed by atoms with E-state index in [0.29, 0.717) is 18.0 Å². The zero-order valence-electron chi connectivity index (χ0n) is 15.3. The molecule has 27 heavy (non-hydrogen) atoms. The average Bonchev–Trinajstić information content (AvgIpc) is 3.37. The van der Waals surface area contributed by atoms with Gasteiger partial charge in [0.15, 0.2) is 5.13 Å². The fraction of sp³-hybridized carbons (Fsp3) is 0.350. The van der Waals surface area contributed by atoms with E-state index in [4.69, 9.17) is 0 Å². The maximum absolute atomic E-state index is 12.7. The molecule has 1 atom stereocenters. The summed E-state index contributed by atoms with van der Waals surface area (Å²) in [7, 11) is 0. The minimum atomic E-state index is -0.0546. The third-order valence-electron chi connectivity index (χ3n) is 5.02.